The van der Waals surface area contributed by atoms with Gasteiger partial charge in [0.15, 0.2) is 5.11 Å². The van der Waals surface area contributed by atoms with E-state index >= 15 is 0 Å². The first-order valence-electron chi connectivity index (χ1n) is 7.53. The van der Waals surface area contributed by atoms with Gasteiger partial charge in [0.2, 0.25) is 0 Å². The molecule has 0 atom stereocenters. The van der Waals surface area contributed by atoms with Crippen molar-refractivity contribution in [3.8, 4) is 11.4 Å². The second-order valence-corrected chi connectivity index (χ2v) is 5.83. The number of para-hydroxylation sites is 2. The fourth-order valence-electron chi connectivity index (χ4n) is 2.68. The number of hydrogen-bond acceptors (Lipinski definition) is 4. The third-order valence-electron chi connectivity index (χ3n) is 3.76. The molecule has 0 aliphatic carbocycles. The highest BCUT2D eigenvalue weighted by Crippen LogP contribution is 2.28. The molecule has 0 saturated carbocycles. The first-order chi connectivity index (χ1) is 12.0. The van der Waals surface area contributed by atoms with Crippen LogP contribution >= 0.6 is 12.2 Å². The van der Waals surface area contributed by atoms with Crippen LogP contribution in [-0.2, 0) is 0 Å². The molecule has 25 heavy (non-hydrogen) atoms. The molecule has 0 saturated heterocycles. The van der Waals surface area contributed by atoms with Crippen molar-refractivity contribution in [3.05, 3.63) is 70.5 Å². The minimum atomic E-state index is -0.381. The van der Waals surface area contributed by atoms with E-state index in [-0.39, 0.29) is 27.7 Å². The molecule has 6 nitrogen and oxygen atoms in total. The van der Waals surface area contributed by atoms with Crippen molar-refractivity contribution in [2.75, 3.05) is 0 Å². The minimum absolute atomic E-state index is 0.0250. The number of aromatic nitrogens is 1. The second-order valence-electron chi connectivity index (χ2n) is 5.39. The second kappa shape index (κ2) is 6.74. The lowest BCUT2D eigenvalue weighted by molar-refractivity contribution is 0.478. The number of nitrogens with zero attached hydrogens (tertiary/aromatic N) is 2. The van der Waals surface area contributed by atoms with Crippen molar-refractivity contribution in [1.82, 2.24) is 9.99 Å². The number of fused-ring (bicyclic) bond motifs is 1. The van der Waals surface area contributed by atoms with Crippen LogP contribution in [0.4, 0.5) is 0 Å². The molecule has 0 unspecified atom stereocenters. The quantitative estimate of drug-likeness (QED) is 0.382. The van der Waals surface area contributed by atoms with Crippen molar-refractivity contribution in [1.29, 1.82) is 0 Å². The zero-order valence-corrected chi connectivity index (χ0v) is 14.2. The Morgan fingerprint density at radius 2 is 1.80 bits per heavy atom. The lowest BCUT2D eigenvalue weighted by Gasteiger charge is -2.15. The highest BCUT2D eigenvalue weighted by molar-refractivity contribution is 7.80. The van der Waals surface area contributed by atoms with Gasteiger partial charge in [-0.3, -0.25) is 14.8 Å². The highest BCUT2D eigenvalue weighted by atomic mass is 32.1. The summed E-state index contributed by atoms with van der Waals surface area (Å²) in [6.45, 7) is 1.60. The average Bonchev–Trinajstić information content (AvgIpc) is 2.61. The van der Waals surface area contributed by atoms with Crippen LogP contribution in [-0.4, -0.2) is 20.5 Å². The van der Waals surface area contributed by atoms with Gasteiger partial charge in [0.1, 0.15) is 11.3 Å². The van der Waals surface area contributed by atoms with E-state index in [1.807, 2.05) is 36.4 Å². The van der Waals surface area contributed by atoms with E-state index < -0.39 is 0 Å². The molecule has 0 bridgehead atoms. The van der Waals surface area contributed by atoms with Crippen LogP contribution in [0.1, 0.15) is 12.5 Å². The molecular weight excluding hydrogens is 336 g/mol. The van der Waals surface area contributed by atoms with Crippen LogP contribution in [0.15, 0.2) is 64.5 Å². The number of hydrogen-bond donors (Lipinski definition) is 3. The van der Waals surface area contributed by atoms with Gasteiger partial charge in [0.05, 0.1) is 11.2 Å². The van der Waals surface area contributed by atoms with Crippen LogP contribution in [0.3, 0.4) is 0 Å². The van der Waals surface area contributed by atoms with Crippen LogP contribution in [0.5, 0.6) is 5.75 Å². The van der Waals surface area contributed by atoms with E-state index in [4.69, 9.17) is 18.0 Å². The fraction of sp³-hybridized carbons (Fsp3) is 0.0556. The Kier molecular flexibility index (Phi) is 4.49. The normalized spacial score (nSPS) is 11.5. The number of hydrazone groups is 1. The molecule has 1 aromatic heterocycles. The standard InChI is InChI=1S/C18H16N4O2S/c1-11(20-21-18(19)25)15-16(23)13-9-5-6-10-14(13)22(17(15)24)12-7-3-2-4-8-12/h2-10,23H,1H3,(H3,19,21,25)/b20-11+. The zero-order chi connectivity index (χ0) is 18.0. The number of aromatic hydroxyl groups is 1. The maximum atomic E-state index is 13.1. The molecule has 3 rings (SSSR count). The predicted octanol–water partition coefficient (Wildman–Crippen LogP) is 2.25. The molecule has 0 spiro atoms. The van der Waals surface area contributed by atoms with Gasteiger partial charge in [0.25, 0.3) is 5.56 Å². The fourth-order valence-corrected chi connectivity index (χ4v) is 2.73. The topological polar surface area (TPSA) is 92.6 Å². The summed E-state index contributed by atoms with van der Waals surface area (Å²) < 4.78 is 1.55. The van der Waals surface area contributed by atoms with Crippen molar-refractivity contribution >= 4 is 33.9 Å². The van der Waals surface area contributed by atoms with Gasteiger partial charge in [-0.1, -0.05) is 30.3 Å². The summed E-state index contributed by atoms with van der Waals surface area (Å²) in [4.78, 5) is 13.1. The summed E-state index contributed by atoms with van der Waals surface area (Å²) in [6, 6.07) is 16.4. The largest absolute Gasteiger partial charge is 0.506 e. The molecule has 0 aliphatic rings. The van der Waals surface area contributed by atoms with Gasteiger partial charge in [-0.2, -0.15) is 5.10 Å². The van der Waals surface area contributed by atoms with Crippen molar-refractivity contribution in [2.24, 2.45) is 10.8 Å². The average molecular weight is 352 g/mol. The van der Waals surface area contributed by atoms with Gasteiger partial charge >= 0.3 is 0 Å². The highest BCUT2D eigenvalue weighted by Gasteiger charge is 2.19. The summed E-state index contributed by atoms with van der Waals surface area (Å²) in [5, 5.41) is 15.2. The molecule has 3 aromatic rings. The molecule has 0 radical (unpaired) electrons. The van der Waals surface area contributed by atoms with Crippen molar-refractivity contribution in [2.45, 2.75) is 6.92 Å². The van der Waals surface area contributed by atoms with Crippen LogP contribution < -0.4 is 16.7 Å². The number of nitrogens with one attached hydrogen (secondary N) is 1. The van der Waals surface area contributed by atoms with E-state index in [9.17, 15) is 9.90 Å². The number of pyridine rings is 1. The van der Waals surface area contributed by atoms with E-state index in [1.54, 1.807) is 29.7 Å². The molecule has 0 amide bonds. The Labute approximate surface area is 149 Å². The summed E-state index contributed by atoms with van der Waals surface area (Å²) in [7, 11) is 0. The number of benzene rings is 2. The summed E-state index contributed by atoms with van der Waals surface area (Å²) in [6.07, 6.45) is 0. The predicted molar refractivity (Wildman–Crippen MR) is 103 cm³/mol. The van der Waals surface area contributed by atoms with Gasteiger partial charge in [-0.05, 0) is 43.4 Å². The zero-order valence-electron chi connectivity index (χ0n) is 13.4. The Morgan fingerprint density at radius 1 is 1.16 bits per heavy atom. The third kappa shape index (κ3) is 3.09. The number of rotatable bonds is 3. The van der Waals surface area contributed by atoms with E-state index in [2.05, 4.69) is 10.5 Å². The summed E-state index contributed by atoms with van der Waals surface area (Å²) >= 11 is 4.72. The maximum absolute atomic E-state index is 13.1. The van der Waals surface area contributed by atoms with Crippen LogP contribution in [0.2, 0.25) is 0 Å². The molecule has 2 aromatic carbocycles. The van der Waals surface area contributed by atoms with Gasteiger partial charge in [-0.25, -0.2) is 0 Å². The third-order valence-corrected chi connectivity index (χ3v) is 3.86. The number of nitrogens with two attached hydrogens (primary N) is 1. The molecule has 0 aliphatic heterocycles. The summed E-state index contributed by atoms with van der Waals surface area (Å²) in [5.74, 6) is -0.126. The van der Waals surface area contributed by atoms with Crippen molar-refractivity contribution in [3.63, 3.8) is 0 Å². The maximum Gasteiger partial charge on any atom is 0.268 e. The minimum Gasteiger partial charge on any atom is -0.506 e. The monoisotopic (exact) mass is 352 g/mol. The first kappa shape index (κ1) is 16.7. The van der Waals surface area contributed by atoms with E-state index in [1.165, 1.54) is 0 Å². The van der Waals surface area contributed by atoms with Crippen LogP contribution in [0.25, 0.3) is 16.6 Å². The van der Waals surface area contributed by atoms with Gasteiger partial charge in [-0.15, -0.1) is 0 Å². The van der Waals surface area contributed by atoms with Crippen LogP contribution in [0, 0.1) is 0 Å². The lowest BCUT2D eigenvalue weighted by Crippen LogP contribution is -2.29. The van der Waals surface area contributed by atoms with Crippen molar-refractivity contribution < 1.29 is 5.11 Å². The SMILES string of the molecule is C/C(=N\NC(N)=S)c1c(O)c2ccccc2n(-c2ccccc2)c1=O. The molecular formula is C18H16N4O2S. The molecule has 4 N–H and O–H groups in total. The molecule has 1 heterocycles. The smallest absolute Gasteiger partial charge is 0.268 e. The Morgan fingerprint density at radius 3 is 2.48 bits per heavy atom. The van der Waals surface area contributed by atoms with E-state index in [0.717, 1.165) is 0 Å². The molecule has 0 fully saturated rings. The van der Waals surface area contributed by atoms with Gasteiger partial charge in [0, 0.05) is 11.1 Å². The molecule has 126 valence electrons. The summed E-state index contributed by atoms with van der Waals surface area (Å²) in [5.41, 5.74) is 9.11. The Balaban J connectivity index is 2.38. The van der Waals surface area contributed by atoms with Gasteiger partial charge < -0.3 is 10.8 Å². The Hall–Kier alpha value is -3.19. The van der Waals surface area contributed by atoms with E-state index in [0.29, 0.717) is 16.6 Å². The molecule has 7 heteroatoms. The Bertz CT molecular complexity index is 1040. The first-order valence-corrected chi connectivity index (χ1v) is 7.93. The lowest BCUT2D eigenvalue weighted by atomic mass is 10.1. The number of thiocarbonyl (C=S) groups is 1.